The molecule has 0 amide bonds. The number of carboxylic acids is 1. The Balaban J connectivity index is 2.79. The normalized spacial score (nSPS) is 19.5. The average Bonchev–Trinajstić information content (AvgIpc) is 3.35. The van der Waals surface area contributed by atoms with Crippen molar-refractivity contribution >= 4 is 23.9 Å². The minimum absolute atomic E-state index is 0.0251. The van der Waals surface area contributed by atoms with E-state index in [2.05, 4.69) is 112 Å². The summed E-state index contributed by atoms with van der Waals surface area (Å²) >= 11 is 0. The summed E-state index contributed by atoms with van der Waals surface area (Å²) in [5.74, 6) is -3.39. The van der Waals surface area contributed by atoms with Crippen LogP contribution in [0.25, 0.3) is 0 Å². The largest absolute Gasteiger partial charge is 0.479 e. The smallest absolute Gasteiger partial charge is 0.335 e. The van der Waals surface area contributed by atoms with E-state index in [4.69, 9.17) is 23.7 Å². The number of unbranched alkanes of at least 4 members (excludes halogenated alkanes) is 9. The first-order valence-corrected chi connectivity index (χ1v) is 26.5. The highest BCUT2D eigenvalue weighted by Gasteiger charge is 2.50. The predicted octanol–water partition coefficient (Wildman–Crippen LogP) is 12.9. The van der Waals surface area contributed by atoms with Gasteiger partial charge in [-0.2, -0.15) is 0 Å². The van der Waals surface area contributed by atoms with E-state index in [1.165, 1.54) is 25.7 Å². The van der Waals surface area contributed by atoms with E-state index < -0.39 is 67.3 Å². The Morgan fingerprint density at radius 2 is 0.930 bits per heavy atom. The maximum Gasteiger partial charge on any atom is 0.335 e. The van der Waals surface area contributed by atoms with Crippen molar-refractivity contribution in [3.8, 4) is 0 Å². The highest BCUT2D eigenvalue weighted by Crippen LogP contribution is 2.26. The second-order valence-corrected chi connectivity index (χ2v) is 17.4. The number of aliphatic hydroxyl groups excluding tert-OH is 2. The van der Waals surface area contributed by atoms with Crippen LogP contribution in [0.1, 0.15) is 175 Å². The Bertz CT molecular complexity index is 1700. The highest BCUT2D eigenvalue weighted by molar-refractivity contribution is 5.74. The molecule has 1 aliphatic heterocycles. The standard InChI is InChI=1S/C59H90O12/c1-4-7-10-13-16-19-21-23-25-26-28-30-32-35-38-41-44-47-53(62)70-57-55(64)54(63)56(58(65)66)71-59(57)68-49-50(69-52(61)46-43-40-37-33-18-15-12-9-6-3)48-67-51(60)45-42-39-36-34-31-29-27-24-22-20-17-14-11-8-5-2/h7-8,10-11,16-17,19-20,23-25,27-28,30-31,34-35,38-39,42,50,54-57,59,63-64H,4-6,9,12-15,18,21-22,26,29,32-33,36-37,40-41,43-49H2,1-3H3,(H,65,66)/b10-7-,11-8-,19-16-,20-17-,25-23-,27-24-,30-28-,34-31-,38-35-,42-39-. The lowest BCUT2D eigenvalue weighted by Crippen LogP contribution is -2.61. The number of esters is 3. The van der Waals surface area contributed by atoms with Crippen LogP contribution in [-0.4, -0.2) is 89.2 Å². The van der Waals surface area contributed by atoms with Gasteiger partial charge in [-0.05, 0) is 83.5 Å². The number of aliphatic hydroxyl groups is 2. The van der Waals surface area contributed by atoms with Crippen molar-refractivity contribution in [1.29, 1.82) is 0 Å². The van der Waals surface area contributed by atoms with Crippen molar-refractivity contribution in [2.24, 2.45) is 0 Å². The molecule has 3 N–H and O–H groups in total. The molecule has 0 radical (unpaired) electrons. The van der Waals surface area contributed by atoms with Crippen molar-refractivity contribution in [3.63, 3.8) is 0 Å². The van der Waals surface area contributed by atoms with E-state index in [1.54, 1.807) is 6.08 Å². The van der Waals surface area contributed by atoms with Gasteiger partial charge in [0.15, 0.2) is 24.6 Å². The van der Waals surface area contributed by atoms with Crippen LogP contribution < -0.4 is 0 Å². The zero-order chi connectivity index (χ0) is 51.8. The molecule has 12 nitrogen and oxygen atoms in total. The lowest BCUT2D eigenvalue weighted by Gasteiger charge is -2.40. The summed E-state index contributed by atoms with van der Waals surface area (Å²) in [5.41, 5.74) is 0. The fourth-order valence-corrected chi connectivity index (χ4v) is 7.06. The Kier molecular flexibility index (Phi) is 41.7. The van der Waals surface area contributed by atoms with Crippen molar-refractivity contribution in [2.75, 3.05) is 13.2 Å². The van der Waals surface area contributed by atoms with E-state index in [1.807, 2.05) is 24.3 Å². The summed E-state index contributed by atoms with van der Waals surface area (Å²) in [6, 6.07) is 0. The van der Waals surface area contributed by atoms with E-state index >= 15 is 0 Å². The lowest BCUT2D eigenvalue weighted by atomic mass is 9.98. The molecule has 1 heterocycles. The molecule has 1 rings (SSSR count). The number of aliphatic carboxylic acids is 1. The second kappa shape index (κ2) is 46.2. The lowest BCUT2D eigenvalue weighted by molar-refractivity contribution is -0.301. The second-order valence-electron chi connectivity index (χ2n) is 17.4. The molecule has 0 spiro atoms. The molecule has 0 saturated carbocycles. The third kappa shape index (κ3) is 36.7. The van der Waals surface area contributed by atoms with Crippen molar-refractivity contribution in [3.05, 3.63) is 122 Å². The number of carbonyl (C=O) groups excluding carboxylic acids is 3. The summed E-state index contributed by atoms with van der Waals surface area (Å²) in [7, 11) is 0. The molecule has 1 saturated heterocycles. The van der Waals surface area contributed by atoms with Crippen LogP contribution >= 0.6 is 0 Å². The number of hydrogen-bond acceptors (Lipinski definition) is 11. The molecule has 6 atom stereocenters. The van der Waals surface area contributed by atoms with E-state index in [0.29, 0.717) is 25.7 Å². The SMILES string of the molecule is CC/C=C\C/C=C\C/C=C\C/C=C\C/C=C\CCCC(=O)OC1C(OCC(COC(=O)C/C=C\C/C=C\C/C=C\C/C=C\C/C=C\CC)OC(=O)CCCCCCCCCCC)OC(C(=O)O)C(O)C1O. The average molecular weight is 991 g/mol. The van der Waals surface area contributed by atoms with Crippen LogP contribution in [0.15, 0.2) is 122 Å². The van der Waals surface area contributed by atoms with Crippen LogP contribution in [0.5, 0.6) is 0 Å². The molecule has 0 aromatic heterocycles. The molecule has 0 aromatic carbocycles. The molecular weight excluding hydrogens is 901 g/mol. The van der Waals surface area contributed by atoms with Gasteiger partial charge in [0.1, 0.15) is 18.8 Å². The minimum Gasteiger partial charge on any atom is -0.479 e. The highest BCUT2D eigenvalue weighted by atomic mass is 16.7. The first kappa shape index (κ1) is 64.1. The van der Waals surface area contributed by atoms with E-state index in [0.717, 1.165) is 83.5 Å². The minimum atomic E-state index is -1.94. The van der Waals surface area contributed by atoms with Gasteiger partial charge in [-0.3, -0.25) is 14.4 Å². The number of ether oxygens (including phenoxy) is 5. The van der Waals surface area contributed by atoms with E-state index in [-0.39, 0.29) is 25.9 Å². The zero-order valence-corrected chi connectivity index (χ0v) is 43.4. The van der Waals surface area contributed by atoms with Gasteiger partial charge < -0.3 is 39.0 Å². The molecule has 6 unspecified atom stereocenters. The van der Waals surface area contributed by atoms with Crippen LogP contribution in [0.3, 0.4) is 0 Å². The zero-order valence-electron chi connectivity index (χ0n) is 43.4. The number of carboxylic acid groups (broad SMARTS) is 1. The molecule has 0 aliphatic carbocycles. The van der Waals surface area contributed by atoms with Gasteiger partial charge >= 0.3 is 23.9 Å². The number of rotatable bonds is 42. The van der Waals surface area contributed by atoms with Gasteiger partial charge in [0, 0.05) is 12.8 Å². The molecule has 12 heteroatoms. The van der Waals surface area contributed by atoms with Crippen molar-refractivity contribution in [2.45, 2.75) is 212 Å². The fraction of sp³-hybridized carbons (Fsp3) is 0.593. The number of allylic oxidation sites excluding steroid dienone is 19. The third-order valence-electron chi connectivity index (χ3n) is 11.1. The summed E-state index contributed by atoms with van der Waals surface area (Å²) in [4.78, 5) is 50.7. The van der Waals surface area contributed by atoms with Gasteiger partial charge in [-0.1, -0.05) is 194 Å². The Labute approximate surface area is 427 Å². The van der Waals surface area contributed by atoms with E-state index in [9.17, 15) is 34.5 Å². The first-order chi connectivity index (χ1) is 34.6. The molecule has 398 valence electrons. The molecular formula is C59H90O12. The third-order valence-corrected chi connectivity index (χ3v) is 11.1. The summed E-state index contributed by atoms with van der Waals surface area (Å²) in [6.07, 6.45) is 50.8. The Morgan fingerprint density at radius 3 is 1.41 bits per heavy atom. The number of hydrogen-bond donors (Lipinski definition) is 3. The molecule has 0 bridgehead atoms. The maximum absolute atomic E-state index is 13.0. The predicted molar refractivity (Wildman–Crippen MR) is 284 cm³/mol. The quantitative estimate of drug-likeness (QED) is 0.0229. The molecule has 71 heavy (non-hydrogen) atoms. The molecule has 1 aliphatic rings. The Morgan fingerprint density at radius 1 is 0.493 bits per heavy atom. The van der Waals surface area contributed by atoms with Gasteiger partial charge in [-0.25, -0.2) is 4.79 Å². The van der Waals surface area contributed by atoms with Crippen molar-refractivity contribution in [1.82, 2.24) is 0 Å². The van der Waals surface area contributed by atoms with Gasteiger partial charge in [0.2, 0.25) is 0 Å². The topological polar surface area (TPSA) is 175 Å². The van der Waals surface area contributed by atoms with Crippen molar-refractivity contribution < 1.29 is 58.2 Å². The summed E-state index contributed by atoms with van der Waals surface area (Å²) in [5, 5.41) is 31.3. The molecule has 0 aromatic rings. The summed E-state index contributed by atoms with van der Waals surface area (Å²) in [6.45, 7) is 5.58. The monoisotopic (exact) mass is 991 g/mol. The first-order valence-electron chi connectivity index (χ1n) is 26.5. The number of carbonyl (C=O) groups is 4. The molecule has 1 fully saturated rings. The fourth-order valence-electron chi connectivity index (χ4n) is 7.06. The summed E-state index contributed by atoms with van der Waals surface area (Å²) < 4.78 is 28.1. The van der Waals surface area contributed by atoms with Crippen LogP contribution in [0, 0.1) is 0 Å². The van der Waals surface area contributed by atoms with Crippen LogP contribution in [0.4, 0.5) is 0 Å². The maximum atomic E-state index is 13.0. The van der Waals surface area contributed by atoms with Crippen LogP contribution in [0.2, 0.25) is 0 Å². The van der Waals surface area contributed by atoms with Gasteiger partial charge in [0.05, 0.1) is 13.0 Å². The Hall–Kier alpha value is -4.88. The van der Waals surface area contributed by atoms with Gasteiger partial charge in [-0.15, -0.1) is 0 Å². The van der Waals surface area contributed by atoms with Crippen LogP contribution in [-0.2, 0) is 42.9 Å². The van der Waals surface area contributed by atoms with Gasteiger partial charge in [0.25, 0.3) is 0 Å².